The fourth-order valence-corrected chi connectivity index (χ4v) is 3.91. The number of aromatic nitrogens is 2. The summed E-state index contributed by atoms with van der Waals surface area (Å²) in [7, 11) is 1.77. The van der Waals surface area contributed by atoms with E-state index in [0.29, 0.717) is 11.8 Å². The van der Waals surface area contributed by atoms with Crippen LogP contribution >= 0.6 is 15.9 Å². The SMILES string of the molecule is CCNc1nc(C(OC)C2CC2)nc(C2CCCC2)c1Br. The van der Waals surface area contributed by atoms with E-state index in [2.05, 4.69) is 28.2 Å². The van der Waals surface area contributed by atoms with Gasteiger partial charge in [0.15, 0.2) is 5.82 Å². The predicted molar refractivity (Wildman–Crippen MR) is 87.6 cm³/mol. The summed E-state index contributed by atoms with van der Waals surface area (Å²) in [5.41, 5.74) is 1.18. The molecule has 3 rings (SSSR count). The first kappa shape index (κ1) is 15.2. The molecule has 0 amide bonds. The van der Waals surface area contributed by atoms with Crippen molar-refractivity contribution in [3.05, 3.63) is 16.0 Å². The average molecular weight is 354 g/mol. The third-order valence-electron chi connectivity index (χ3n) is 4.54. The lowest BCUT2D eigenvalue weighted by Crippen LogP contribution is -2.15. The van der Waals surface area contributed by atoms with Crippen LogP contribution in [0.1, 0.15) is 69.0 Å². The summed E-state index contributed by atoms with van der Waals surface area (Å²) >= 11 is 3.72. The Bertz CT molecular complexity index is 499. The zero-order valence-electron chi connectivity index (χ0n) is 12.9. The predicted octanol–water partition coefficient (Wildman–Crippen LogP) is 4.43. The number of ether oxygens (including phenoxy) is 1. The van der Waals surface area contributed by atoms with Gasteiger partial charge < -0.3 is 10.1 Å². The number of nitrogens with one attached hydrogen (secondary N) is 1. The average Bonchev–Trinajstić information content (AvgIpc) is 3.16. The molecule has 1 aromatic rings. The van der Waals surface area contributed by atoms with E-state index in [1.807, 2.05) is 0 Å². The third-order valence-corrected chi connectivity index (χ3v) is 5.32. The Kier molecular flexibility index (Phi) is 4.79. The largest absolute Gasteiger partial charge is 0.373 e. The second kappa shape index (κ2) is 6.61. The summed E-state index contributed by atoms with van der Waals surface area (Å²) < 4.78 is 6.73. The number of nitrogens with zero attached hydrogens (tertiary/aromatic N) is 2. The van der Waals surface area contributed by atoms with Gasteiger partial charge >= 0.3 is 0 Å². The molecule has 1 atom stereocenters. The number of hydrogen-bond acceptors (Lipinski definition) is 4. The van der Waals surface area contributed by atoms with Gasteiger partial charge in [0.05, 0.1) is 10.2 Å². The Balaban J connectivity index is 1.98. The van der Waals surface area contributed by atoms with Crippen LogP contribution in [0.3, 0.4) is 0 Å². The number of hydrogen-bond donors (Lipinski definition) is 1. The summed E-state index contributed by atoms with van der Waals surface area (Å²) in [5, 5.41) is 3.36. The van der Waals surface area contributed by atoms with Crippen LogP contribution in [0, 0.1) is 5.92 Å². The summed E-state index contributed by atoms with van der Waals surface area (Å²) in [5.74, 6) is 2.95. The lowest BCUT2D eigenvalue weighted by Gasteiger charge is -2.19. The molecule has 1 unspecified atom stereocenters. The molecule has 116 valence electrons. The molecule has 1 N–H and O–H groups in total. The summed E-state index contributed by atoms with van der Waals surface area (Å²) in [6.45, 7) is 2.96. The smallest absolute Gasteiger partial charge is 0.160 e. The van der Waals surface area contributed by atoms with Gasteiger partial charge in [0.2, 0.25) is 0 Å². The number of halogens is 1. The van der Waals surface area contributed by atoms with Crippen LogP contribution in [0.5, 0.6) is 0 Å². The molecule has 2 aliphatic carbocycles. The zero-order valence-corrected chi connectivity index (χ0v) is 14.4. The van der Waals surface area contributed by atoms with Crippen LogP contribution in [-0.4, -0.2) is 23.6 Å². The van der Waals surface area contributed by atoms with Crippen molar-refractivity contribution in [2.75, 3.05) is 19.0 Å². The van der Waals surface area contributed by atoms with Gasteiger partial charge in [-0.3, -0.25) is 0 Å². The zero-order chi connectivity index (χ0) is 14.8. The van der Waals surface area contributed by atoms with Crippen molar-refractivity contribution in [2.24, 2.45) is 5.92 Å². The molecule has 1 heterocycles. The van der Waals surface area contributed by atoms with E-state index in [-0.39, 0.29) is 6.10 Å². The van der Waals surface area contributed by atoms with E-state index in [1.165, 1.54) is 44.2 Å². The summed E-state index contributed by atoms with van der Waals surface area (Å²) in [6.07, 6.45) is 7.60. The molecule has 2 fully saturated rings. The molecule has 0 bridgehead atoms. The van der Waals surface area contributed by atoms with Gasteiger partial charge in [-0.1, -0.05) is 12.8 Å². The maximum absolute atomic E-state index is 5.68. The first-order chi connectivity index (χ1) is 10.2. The highest BCUT2D eigenvalue weighted by atomic mass is 79.9. The number of anilines is 1. The number of methoxy groups -OCH3 is 1. The molecule has 2 saturated carbocycles. The topological polar surface area (TPSA) is 47.0 Å². The molecule has 0 radical (unpaired) electrons. The van der Waals surface area contributed by atoms with E-state index >= 15 is 0 Å². The van der Waals surface area contributed by atoms with Crippen LogP contribution in [0.25, 0.3) is 0 Å². The lowest BCUT2D eigenvalue weighted by molar-refractivity contribution is 0.0770. The van der Waals surface area contributed by atoms with Crippen LogP contribution < -0.4 is 5.32 Å². The van der Waals surface area contributed by atoms with Crippen molar-refractivity contribution in [3.63, 3.8) is 0 Å². The van der Waals surface area contributed by atoms with Gasteiger partial charge in [0, 0.05) is 19.6 Å². The molecule has 2 aliphatic rings. The molecule has 0 aliphatic heterocycles. The van der Waals surface area contributed by atoms with Crippen LogP contribution in [0.4, 0.5) is 5.82 Å². The van der Waals surface area contributed by atoms with E-state index in [1.54, 1.807) is 7.11 Å². The van der Waals surface area contributed by atoms with Crippen molar-refractivity contribution in [2.45, 2.75) is 57.5 Å². The fourth-order valence-electron chi connectivity index (χ4n) is 3.27. The van der Waals surface area contributed by atoms with Crippen molar-refractivity contribution < 1.29 is 4.74 Å². The van der Waals surface area contributed by atoms with E-state index < -0.39 is 0 Å². The standard InChI is InChI=1S/C16H24BrN3O/c1-3-18-15-12(17)13(10-6-4-5-7-10)19-16(20-15)14(21-2)11-8-9-11/h10-11,14H,3-9H2,1-2H3,(H,18,19,20). The molecule has 1 aromatic heterocycles. The van der Waals surface area contributed by atoms with Gasteiger partial charge in [-0.25, -0.2) is 9.97 Å². The molecular weight excluding hydrogens is 330 g/mol. The van der Waals surface area contributed by atoms with Gasteiger partial charge in [-0.05, 0) is 54.5 Å². The monoisotopic (exact) mass is 353 g/mol. The highest BCUT2D eigenvalue weighted by Gasteiger charge is 2.36. The minimum absolute atomic E-state index is 0.0515. The highest BCUT2D eigenvalue weighted by molar-refractivity contribution is 9.10. The number of rotatable bonds is 6. The van der Waals surface area contributed by atoms with Crippen molar-refractivity contribution in [1.82, 2.24) is 9.97 Å². The minimum Gasteiger partial charge on any atom is -0.373 e. The van der Waals surface area contributed by atoms with Crippen molar-refractivity contribution in [1.29, 1.82) is 0 Å². The van der Waals surface area contributed by atoms with Crippen LogP contribution in [0.15, 0.2) is 4.47 Å². The molecule has 0 aromatic carbocycles. The Labute approximate surface area is 135 Å². The Morgan fingerprint density at radius 3 is 2.52 bits per heavy atom. The second-order valence-corrected chi connectivity index (χ2v) is 6.93. The third kappa shape index (κ3) is 3.24. The summed E-state index contributed by atoms with van der Waals surface area (Å²) in [6, 6.07) is 0. The van der Waals surface area contributed by atoms with Gasteiger partial charge in [-0.2, -0.15) is 0 Å². The molecule has 21 heavy (non-hydrogen) atoms. The van der Waals surface area contributed by atoms with Crippen LogP contribution in [-0.2, 0) is 4.74 Å². The van der Waals surface area contributed by atoms with Gasteiger partial charge in [0.25, 0.3) is 0 Å². The van der Waals surface area contributed by atoms with E-state index in [4.69, 9.17) is 14.7 Å². The quantitative estimate of drug-likeness (QED) is 0.821. The van der Waals surface area contributed by atoms with Gasteiger partial charge in [0.1, 0.15) is 11.9 Å². The highest BCUT2D eigenvalue weighted by Crippen LogP contribution is 2.44. The second-order valence-electron chi connectivity index (χ2n) is 6.14. The molecule has 5 heteroatoms. The van der Waals surface area contributed by atoms with Gasteiger partial charge in [-0.15, -0.1) is 0 Å². The molecular formula is C16H24BrN3O. The Morgan fingerprint density at radius 2 is 1.95 bits per heavy atom. The fraction of sp³-hybridized carbons (Fsp3) is 0.750. The first-order valence-electron chi connectivity index (χ1n) is 8.08. The summed E-state index contributed by atoms with van der Waals surface area (Å²) in [4.78, 5) is 9.64. The minimum atomic E-state index is 0.0515. The maximum Gasteiger partial charge on any atom is 0.160 e. The molecule has 0 spiro atoms. The Morgan fingerprint density at radius 1 is 1.24 bits per heavy atom. The molecule has 0 saturated heterocycles. The van der Waals surface area contributed by atoms with Crippen LogP contribution in [0.2, 0.25) is 0 Å². The maximum atomic E-state index is 5.68. The molecule has 4 nitrogen and oxygen atoms in total. The normalized spacial score (nSPS) is 20.7. The van der Waals surface area contributed by atoms with Crippen molar-refractivity contribution >= 4 is 21.7 Å². The lowest BCUT2D eigenvalue weighted by atomic mass is 10.0. The Hall–Kier alpha value is -0.680. The van der Waals surface area contributed by atoms with E-state index in [9.17, 15) is 0 Å². The first-order valence-corrected chi connectivity index (χ1v) is 8.87. The van der Waals surface area contributed by atoms with E-state index in [0.717, 1.165) is 22.7 Å². The van der Waals surface area contributed by atoms with Crippen molar-refractivity contribution in [3.8, 4) is 0 Å².